The van der Waals surface area contributed by atoms with Crippen LogP contribution in [0.4, 0.5) is 10.1 Å². The van der Waals surface area contributed by atoms with Crippen LogP contribution in [0.2, 0.25) is 5.02 Å². The number of nitrogens with one attached hydrogen (secondary N) is 1. The van der Waals surface area contributed by atoms with Gasteiger partial charge in [0.05, 0.1) is 6.61 Å². The van der Waals surface area contributed by atoms with Crippen LogP contribution >= 0.6 is 11.6 Å². The summed E-state index contributed by atoms with van der Waals surface area (Å²) < 4.78 is 18.0. The minimum absolute atomic E-state index is 0.269. The Morgan fingerprint density at radius 3 is 2.52 bits per heavy atom. The largest absolute Gasteiger partial charge is 0.464 e. The first-order chi connectivity index (χ1) is 10.1. The number of benzene rings is 2. The molecule has 0 aliphatic rings. The summed E-state index contributed by atoms with van der Waals surface area (Å²) in [5.41, 5.74) is 1.22. The lowest BCUT2D eigenvalue weighted by molar-refractivity contribution is -0.144. The van der Waals surface area contributed by atoms with Gasteiger partial charge in [-0.15, -0.1) is 0 Å². The van der Waals surface area contributed by atoms with E-state index in [1.54, 1.807) is 43.3 Å². The topological polar surface area (TPSA) is 38.3 Å². The molecule has 0 amide bonds. The average Bonchev–Trinajstić information content (AvgIpc) is 2.48. The molecule has 1 atom stereocenters. The highest BCUT2D eigenvalue weighted by atomic mass is 35.5. The van der Waals surface area contributed by atoms with Gasteiger partial charge in [0, 0.05) is 16.3 Å². The highest BCUT2D eigenvalue weighted by Crippen LogP contribution is 2.27. The van der Waals surface area contributed by atoms with E-state index in [2.05, 4.69) is 5.32 Å². The second kappa shape index (κ2) is 7.09. The third-order valence-corrected chi connectivity index (χ3v) is 3.24. The van der Waals surface area contributed by atoms with Crippen LogP contribution in [-0.2, 0) is 9.53 Å². The predicted octanol–water partition coefficient (Wildman–Crippen LogP) is 4.20. The van der Waals surface area contributed by atoms with Crippen molar-refractivity contribution < 1.29 is 13.9 Å². The summed E-state index contributed by atoms with van der Waals surface area (Å²) in [4.78, 5) is 12.1. The van der Waals surface area contributed by atoms with Crippen molar-refractivity contribution in [2.45, 2.75) is 13.0 Å². The summed E-state index contributed by atoms with van der Waals surface area (Å²) in [6, 6.07) is 12.0. The molecule has 0 aliphatic heterocycles. The summed E-state index contributed by atoms with van der Waals surface area (Å²) in [7, 11) is 0. The van der Waals surface area contributed by atoms with E-state index in [0.29, 0.717) is 16.3 Å². The lowest BCUT2D eigenvalue weighted by atomic mass is 10.1. The molecule has 0 radical (unpaired) electrons. The Kier molecular flexibility index (Phi) is 5.17. The smallest absolute Gasteiger partial charge is 0.333 e. The maximum Gasteiger partial charge on any atom is 0.333 e. The number of hydrogen-bond acceptors (Lipinski definition) is 3. The Balaban J connectivity index is 2.30. The highest BCUT2D eigenvalue weighted by molar-refractivity contribution is 6.31. The standard InChI is InChI=1S/C16H15ClFNO2/c1-2-21-16(20)15(13-5-3-4-6-14(13)17)19-12-9-7-11(18)8-10-12/h3-10,15,19H,2H2,1H3. The molecule has 5 heteroatoms. The van der Waals surface area contributed by atoms with Gasteiger partial charge < -0.3 is 10.1 Å². The predicted molar refractivity (Wildman–Crippen MR) is 80.8 cm³/mol. The van der Waals surface area contributed by atoms with E-state index in [4.69, 9.17) is 16.3 Å². The van der Waals surface area contributed by atoms with E-state index in [-0.39, 0.29) is 12.4 Å². The average molecular weight is 308 g/mol. The van der Waals surface area contributed by atoms with Crippen LogP contribution in [0.25, 0.3) is 0 Å². The molecule has 2 aromatic rings. The van der Waals surface area contributed by atoms with E-state index >= 15 is 0 Å². The van der Waals surface area contributed by atoms with Gasteiger partial charge in [-0.2, -0.15) is 0 Å². The summed E-state index contributed by atoms with van der Waals surface area (Å²) in [5.74, 6) is -0.777. The van der Waals surface area contributed by atoms with Crippen molar-refractivity contribution >= 4 is 23.3 Å². The van der Waals surface area contributed by atoms with Crippen molar-refractivity contribution in [3.63, 3.8) is 0 Å². The fourth-order valence-electron chi connectivity index (χ4n) is 1.91. The number of carbonyl (C=O) groups excluding carboxylic acids is 1. The number of rotatable bonds is 5. The van der Waals surface area contributed by atoms with Gasteiger partial charge in [0.2, 0.25) is 0 Å². The van der Waals surface area contributed by atoms with Gasteiger partial charge in [-0.25, -0.2) is 9.18 Å². The molecule has 110 valence electrons. The molecule has 0 saturated carbocycles. The number of ether oxygens (including phenoxy) is 1. The lowest BCUT2D eigenvalue weighted by Crippen LogP contribution is -2.23. The second-order valence-corrected chi connectivity index (χ2v) is 4.77. The summed E-state index contributed by atoms with van der Waals surface area (Å²) >= 11 is 6.15. The summed E-state index contributed by atoms with van der Waals surface area (Å²) in [6.45, 7) is 2.00. The molecule has 2 rings (SSSR count). The minimum Gasteiger partial charge on any atom is -0.464 e. The van der Waals surface area contributed by atoms with Crippen LogP contribution < -0.4 is 5.32 Å². The van der Waals surface area contributed by atoms with Crippen molar-refractivity contribution in [1.29, 1.82) is 0 Å². The fourth-order valence-corrected chi connectivity index (χ4v) is 2.16. The molecule has 21 heavy (non-hydrogen) atoms. The highest BCUT2D eigenvalue weighted by Gasteiger charge is 2.24. The SMILES string of the molecule is CCOC(=O)C(Nc1ccc(F)cc1)c1ccccc1Cl. The van der Waals surface area contributed by atoms with Gasteiger partial charge in [0.15, 0.2) is 6.04 Å². The zero-order chi connectivity index (χ0) is 15.2. The molecular weight excluding hydrogens is 293 g/mol. The first-order valence-electron chi connectivity index (χ1n) is 6.55. The van der Waals surface area contributed by atoms with Gasteiger partial charge in [-0.1, -0.05) is 29.8 Å². The lowest BCUT2D eigenvalue weighted by Gasteiger charge is -2.19. The van der Waals surface area contributed by atoms with Crippen molar-refractivity contribution in [1.82, 2.24) is 0 Å². The minimum atomic E-state index is -0.746. The summed E-state index contributed by atoms with van der Waals surface area (Å²) in [6.07, 6.45) is 0. The summed E-state index contributed by atoms with van der Waals surface area (Å²) in [5, 5.41) is 3.49. The fraction of sp³-hybridized carbons (Fsp3) is 0.188. The first-order valence-corrected chi connectivity index (χ1v) is 6.92. The van der Waals surface area contributed by atoms with E-state index in [1.807, 2.05) is 0 Å². The maximum atomic E-state index is 12.9. The Bertz CT molecular complexity index is 616. The molecule has 0 aromatic heterocycles. The van der Waals surface area contributed by atoms with Crippen LogP contribution in [0, 0.1) is 5.82 Å². The third-order valence-electron chi connectivity index (χ3n) is 2.89. The number of halogens is 2. The van der Waals surface area contributed by atoms with Crippen LogP contribution in [-0.4, -0.2) is 12.6 Å². The molecule has 0 bridgehead atoms. The van der Waals surface area contributed by atoms with Crippen LogP contribution in [0.5, 0.6) is 0 Å². The Morgan fingerprint density at radius 1 is 1.24 bits per heavy atom. The van der Waals surface area contributed by atoms with Crippen LogP contribution in [0.3, 0.4) is 0 Å². The van der Waals surface area contributed by atoms with Crippen molar-refractivity contribution in [2.75, 3.05) is 11.9 Å². The molecule has 0 fully saturated rings. The molecule has 0 heterocycles. The van der Waals surface area contributed by atoms with Gasteiger partial charge in [0.25, 0.3) is 0 Å². The zero-order valence-corrected chi connectivity index (χ0v) is 12.2. The third kappa shape index (κ3) is 3.95. The number of hydrogen-bond donors (Lipinski definition) is 1. The molecule has 3 nitrogen and oxygen atoms in total. The second-order valence-electron chi connectivity index (χ2n) is 4.36. The Hall–Kier alpha value is -2.07. The monoisotopic (exact) mass is 307 g/mol. The molecular formula is C16H15ClFNO2. The number of esters is 1. The van der Waals surface area contributed by atoms with Crippen molar-refractivity contribution in [2.24, 2.45) is 0 Å². The molecule has 0 spiro atoms. The van der Waals surface area contributed by atoms with Gasteiger partial charge >= 0.3 is 5.97 Å². The zero-order valence-electron chi connectivity index (χ0n) is 11.5. The molecule has 1 N–H and O–H groups in total. The maximum absolute atomic E-state index is 12.9. The first kappa shape index (κ1) is 15.3. The molecule has 0 aliphatic carbocycles. The Labute approximate surface area is 127 Å². The van der Waals surface area contributed by atoms with Gasteiger partial charge in [-0.3, -0.25) is 0 Å². The van der Waals surface area contributed by atoms with E-state index in [9.17, 15) is 9.18 Å². The van der Waals surface area contributed by atoms with Gasteiger partial charge in [-0.05, 0) is 37.3 Å². The number of carbonyl (C=O) groups is 1. The van der Waals surface area contributed by atoms with Crippen molar-refractivity contribution in [3.05, 3.63) is 64.9 Å². The molecule has 2 aromatic carbocycles. The normalized spacial score (nSPS) is 11.8. The quantitative estimate of drug-likeness (QED) is 0.842. The number of anilines is 1. The van der Waals surface area contributed by atoms with E-state index in [0.717, 1.165) is 0 Å². The van der Waals surface area contributed by atoms with Crippen LogP contribution in [0.15, 0.2) is 48.5 Å². The van der Waals surface area contributed by atoms with Crippen LogP contribution in [0.1, 0.15) is 18.5 Å². The van der Waals surface area contributed by atoms with Crippen molar-refractivity contribution in [3.8, 4) is 0 Å². The van der Waals surface area contributed by atoms with E-state index < -0.39 is 12.0 Å². The van der Waals surface area contributed by atoms with Gasteiger partial charge in [0.1, 0.15) is 5.82 Å². The van der Waals surface area contributed by atoms with E-state index in [1.165, 1.54) is 12.1 Å². The molecule has 1 unspecified atom stereocenters. The molecule has 0 saturated heterocycles. The Morgan fingerprint density at radius 2 is 1.90 bits per heavy atom.